The number of para-hydroxylation sites is 1. The maximum absolute atomic E-state index is 5.58. The van der Waals surface area contributed by atoms with Crippen molar-refractivity contribution >= 4 is 0 Å². The molecule has 0 atom stereocenters. The Morgan fingerprint density at radius 2 is 2.06 bits per heavy atom. The zero-order chi connectivity index (χ0) is 11.9. The van der Waals surface area contributed by atoms with E-state index in [-0.39, 0.29) is 0 Å². The molecule has 0 bridgehead atoms. The van der Waals surface area contributed by atoms with Gasteiger partial charge in [0.1, 0.15) is 12.4 Å². The number of nitrogens with two attached hydrogens (primary N) is 1. The molecule has 2 aromatic rings. The van der Waals surface area contributed by atoms with E-state index in [1.54, 1.807) is 4.68 Å². The minimum absolute atomic E-state index is 0.363. The highest BCUT2D eigenvalue weighted by Gasteiger charge is 2.05. The number of benzene rings is 1. The molecule has 6 heteroatoms. The van der Waals surface area contributed by atoms with Gasteiger partial charge in [-0.15, -0.1) is 5.10 Å². The Morgan fingerprint density at radius 3 is 2.82 bits per heavy atom. The Balaban J connectivity index is 1.92. The van der Waals surface area contributed by atoms with Crippen molar-refractivity contribution in [3.8, 4) is 5.75 Å². The third-order valence-corrected chi connectivity index (χ3v) is 2.29. The van der Waals surface area contributed by atoms with Crippen LogP contribution in [-0.2, 0) is 13.2 Å². The second-order valence-electron chi connectivity index (χ2n) is 3.56. The van der Waals surface area contributed by atoms with Gasteiger partial charge < -0.3 is 10.5 Å². The first kappa shape index (κ1) is 11.5. The van der Waals surface area contributed by atoms with Crippen molar-refractivity contribution in [2.24, 2.45) is 5.73 Å². The van der Waals surface area contributed by atoms with Crippen LogP contribution in [0.5, 0.6) is 5.75 Å². The topological polar surface area (TPSA) is 78.9 Å². The first-order chi connectivity index (χ1) is 8.40. The summed E-state index contributed by atoms with van der Waals surface area (Å²) in [4.78, 5) is 0. The van der Waals surface area contributed by atoms with Crippen molar-refractivity contribution < 1.29 is 4.74 Å². The fourth-order valence-corrected chi connectivity index (χ4v) is 1.41. The number of tetrazole rings is 1. The Kier molecular flexibility index (Phi) is 4.04. The highest BCUT2D eigenvalue weighted by atomic mass is 16.5. The predicted molar refractivity (Wildman–Crippen MR) is 62.3 cm³/mol. The number of ether oxygens (including phenoxy) is 1. The molecule has 0 fully saturated rings. The number of aromatic nitrogens is 4. The Hall–Kier alpha value is -1.95. The van der Waals surface area contributed by atoms with Gasteiger partial charge in [-0.1, -0.05) is 18.2 Å². The van der Waals surface area contributed by atoms with Crippen molar-refractivity contribution in [2.75, 3.05) is 6.54 Å². The van der Waals surface area contributed by atoms with Gasteiger partial charge in [0, 0.05) is 6.54 Å². The van der Waals surface area contributed by atoms with Crippen LogP contribution in [0.4, 0.5) is 0 Å². The lowest BCUT2D eigenvalue weighted by molar-refractivity contribution is 0.286. The first-order valence-electron chi connectivity index (χ1n) is 5.53. The molecule has 0 saturated carbocycles. The van der Waals surface area contributed by atoms with E-state index in [0.717, 1.165) is 18.7 Å². The fourth-order valence-electron chi connectivity index (χ4n) is 1.41. The van der Waals surface area contributed by atoms with Crippen LogP contribution >= 0.6 is 0 Å². The van der Waals surface area contributed by atoms with Gasteiger partial charge in [-0.3, -0.25) is 0 Å². The zero-order valence-corrected chi connectivity index (χ0v) is 9.49. The molecule has 2 rings (SSSR count). The van der Waals surface area contributed by atoms with Crippen LogP contribution in [-0.4, -0.2) is 26.8 Å². The molecule has 0 aliphatic rings. The fraction of sp³-hybridized carbons (Fsp3) is 0.364. The van der Waals surface area contributed by atoms with Crippen molar-refractivity contribution in [1.29, 1.82) is 0 Å². The first-order valence-corrected chi connectivity index (χ1v) is 5.53. The van der Waals surface area contributed by atoms with E-state index in [9.17, 15) is 0 Å². The average Bonchev–Trinajstić information content (AvgIpc) is 2.82. The number of hydrogen-bond acceptors (Lipinski definition) is 5. The summed E-state index contributed by atoms with van der Waals surface area (Å²) < 4.78 is 7.29. The lowest BCUT2D eigenvalue weighted by Gasteiger charge is -2.06. The van der Waals surface area contributed by atoms with Crippen LogP contribution in [0.15, 0.2) is 30.3 Å². The highest BCUT2D eigenvalue weighted by Crippen LogP contribution is 2.10. The van der Waals surface area contributed by atoms with Crippen LogP contribution < -0.4 is 10.5 Å². The van der Waals surface area contributed by atoms with Crippen LogP contribution in [0, 0.1) is 0 Å². The summed E-state index contributed by atoms with van der Waals surface area (Å²) in [5, 5.41) is 11.4. The summed E-state index contributed by atoms with van der Waals surface area (Å²) in [7, 11) is 0. The van der Waals surface area contributed by atoms with Crippen LogP contribution in [0.3, 0.4) is 0 Å². The smallest absolute Gasteiger partial charge is 0.189 e. The van der Waals surface area contributed by atoms with Gasteiger partial charge in [-0.2, -0.15) is 0 Å². The molecule has 1 aromatic carbocycles. The minimum Gasteiger partial charge on any atom is -0.486 e. The predicted octanol–water partition coefficient (Wildman–Crippen LogP) is 0.601. The van der Waals surface area contributed by atoms with Gasteiger partial charge >= 0.3 is 0 Å². The molecule has 0 aliphatic carbocycles. The molecule has 0 spiro atoms. The monoisotopic (exact) mass is 233 g/mol. The molecule has 0 radical (unpaired) electrons. The maximum atomic E-state index is 5.58. The number of nitrogens with zero attached hydrogens (tertiary/aromatic N) is 4. The van der Waals surface area contributed by atoms with Gasteiger partial charge in [-0.05, 0) is 35.5 Å². The van der Waals surface area contributed by atoms with Crippen molar-refractivity contribution in [1.82, 2.24) is 20.2 Å². The van der Waals surface area contributed by atoms with Gasteiger partial charge in [0.25, 0.3) is 0 Å². The molecule has 1 aromatic heterocycles. The molecule has 0 saturated heterocycles. The number of rotatable bonds is 6. The van der Waals surface area contributed by atoms with Crippen molar-refractivity contribution in [3.05, 3.63) is 36.2 Å². The second-order valence-corrected chi connectivity index (χ2v) is 3.56. The molecule has 0 unspecified atom stereocenters. The van der Waals surface area contributed by atoms with Crippen LogP contribution in [0.1, 0.15) is 12.2 Å². The van der Waals surface area contributed by atoms with Gasteiger partial charge in [0.15, 0.2) is 5.82 Å². The summed E-state index contributed by atoms with van der Waals surface area (Å²) >= 11 is 0. The zero-order valence-electron chi connectivity index (χ0n) is 9.49. The van der Waals surface area contributed by atoms with Gasteiger partial charge in [0.05, 0.1) is 0 Å². The average molecular weight is 233 g/mol. The summed E-state index contributed by atoms with van der Waals surface area (Å²) in [6, 6.07) is 9.58. The third-order valence-electron chi connectivity index (χ3n) is 2.29. The Labute approximate surface area is 99.4 Å². The second kappa shape index (κ2) is 5.95. The molecule has 1 heterocycles. The minimum atomic E-state index is 0.363. The Bertz CT molecular complexity index is 442. The van der Waals surface area contributed by atoms with E-state index in [1.807, 2.05) is 30.3 Å². The lowest BCUT2D eigenvalue weighted by atomic mass is 10.3. The molecule has 0 amide bonds. The SMILES string of the molecule is NCCCn1nnnc1COc1ccccc1. The normalized spacial score (nSPS) is 10.4. The quantitative estimate of drug-likeness (QED) is 0.790. The lowest BCUT2D eigenvalue weighted by Crippen LogP contribution is -2.12. The number of aryl methyl sites for hydroxylation is 1. The summed E-state index contributed by atoms with van der Waals surface area (Å²) in [5.41, 5.74) is 5.45. The molecule has 2 N–H and O–H groups in total. The van der Waals surface area contributed by atoms with Gasteiger partial charge in [-0.25, -0.2) is 4.68 Å². The molecule has 0 aliphatic heterocycles. The van der Waals surface area contributed by atoms with Crippen LogP contribution in [0.2, 0.25) is 0 Å². The van der Waals surface area contributed by atoms with E-state index < -0.39 is 0 Å². The molecule has 90 valence electrons. The largest absolute Gasteiger partial charge is 0.486 e. The van der Waals surface area contributed by atoms with Crippen LogP contribution in [0.25, 0.3) is 0 Å². The van der Waals surface area contributed by atoms with E-state index >= 15 is 0 Å². The van der Waals surface area contributed by atoms with E-state index in [0.29, 0.717) is 19.0 Å². The Morgan fingerprint density at radius 1 is 1.24 bits per heavy atom. The highest BCUT2D eigenvalue weighted by molar-refractivity contribution is 5.20. The van der Waals surface area contributed by atoms with Gasteiger partial charge in [0.2, 0.25) is 0 Å². The molecular weight excluding hydrogens is 218 g/mol. The molecule has 17 heavy (non-hydrogen) atoms. The summed E-state index contributed by atoms with van der Waals surface area (Å²) in [5.74, 6) is 1.52. The summed E-state index contributed by atoms with van der Waals surface area (Å²) in [6.07, 6.45) is 0.851. The maximum Gasteiger partial charge on any atom is 0.189 e. The third kappa shape index (κ3) is 3.25. The van der Waals surface area contributed by atoms with Crippen molar-refractivity contribution in [2.45, 2.75) is 19.6 Å². The van der Waals surface area contributed by atoms with E-state index in [1.165, 1.54) is 0 Å². The standard InChI is InChI=1S/C11H15N5O/c12-7-4-8-16-11(13-14-15-16)9-17-10-5-2-1-3-6-10/h1-3,5-6H,4,7-9,12H2. The van der Waals surface area contributed by atoms with E-state index in [2.05, 4.69) is 15.5 Å². The molecule has 6 nitrogen and oxygen atoms in total. The van der Waals surface area contributed by atoms with E-state index in [4.69, 9.17) is 10.5 Å². The number of hydrogen-bond donors (Lipinski definition) is 1. The van der Waals surface area contributed by atoms with Crippen molar-refractivity contribution in [3.63, 3.8) is 0 Å². The molecular formula is C11H15N5O. The summed E-state index contributed by atoms with van der Waals surface area (Å²) in [6.45, 7) is 1.71.